The molecule has 0 aromatic carbocycles. The molecule has 0 atom stereocenters. The molecule has 2 aromatic heterocycles. The van der Waals surface area contributed by atoms with Crippen LogP contribution in [0.15, 0.2) is 24.3 Å². The number of carboxylic acid groups (broad SMARTS) is 1. The highest BCUT2D eigenvalue weighted by molar-refractivity contribution is 5.89. The van der Waals surface area contributed by atoms with E-state index in [1.165, 1.54) is 0 Å². The van der Waals surface area contributed by atoms with Gasteiger partial charge in [0.25, 0.3) is 0 Å². The van der Waals surface area contributed by atoms with Crippen LogP contribution >= 0.6 is 0 Å². The molecule has 0 aliphatic rings. The molecule has 5 nitrogen and oxygen atoms in total. The van der Waals surface area contributed by atoms with Gasteiger partial charge in [-0.2, -0.15) is 0 Å². The molecule has 2 N–H and O–H groups in total. The molecule has 0 aliphatic carbocycles. The largest absolute Gasteiger partial charge is 0.478 e. The van der Waals surface area contributed by atoms with E-state index >= 15 is 0 Å². The molecule has 0 unspecified atom stereocenters. The van der Waals surface area contributed by atoms with E-state index in [4.69, 9.17) is 5.11 Å². The van der Waals surface area contributed by atoms with Crippen molar-refractivity contribution in [2.75, 3.05) is 5.32 Å². The minimum Gasteiger partial charge on any atom is -0.478 e. The Hall–Kier alpha value is -2.43. The molecule has 19 heavy (non-hydrogen) atoms. The van der Waals surface area contributed by atoms with Gasteiger partial charge in [-0.25, -0.2) is 9.78 Å². The van der Waals surface area contributed by atoms with Gasteiger partial charge in [0.2, 0.25) is 0 Å². The molecule has 2 rings (SSSR count). The maximum Gasteiger partial charge on any atom is 0.337 e. The number of pyridine rings is 2. The van der Waals surface area contributed by atoms with E-state index in [1.807, 2.05) is 26.0 Å². The molecule has 0 aliphatic heterocycles. The minimum atomic E-state index is -0.968. The predicted molar refractivity (Wildman–Crippen MR) is 72.9 cm³/mol. The first-order valence-corrected chi connectivity index (χ1v) is 5.89. The van der Waals surface area contributed by atoms with Crippen molar-refractivity contribution in [3.05, 3.63) is 46.9 Å². The third-order valence-corrected chi connectivity index (χ3v) is 2.80. The summed E-state index contributed by atoms with van der Waals surface area (Å²) >= 11 is 0. The normalized spacial score (nSPS) is 10.3. The first-order valence-electron chi connectivity index (χ1n) is 5.89. The van der Waals surface area contributed by atoms with Gasteiger partial charge in [0.15, 0.2) is 0 Å². The van der Waals surface area contributed by atoms with Crippen LogP contribution in [-0.4, -0.2) is 21.0 Å². The van der Waals surface area contributed by atoms with Gasteiger partial charge < -0.3 is 10.4 Å². The summed E-state index contributed by atoms with van der Waals surface area (Å²) < 4.78 is 0. The number of rotatable bonds is 3. The second-order valence-electron chi connectivity index (χ2n) is 4.35. The van der Waals surface area contributed by atoms with E-state index in [9.17, 15) is 4.79 Å². The lowest BCUT2D eigenvalue weighted by Gasteiger charge is -2.10. The van der Waals surface area contributed by atoms with Crippen molar-refractivity contribution in [1.82, 2.24) is 9.97 Å². The Bertz CT molecular complexity index is 639. The summed E-state index contributed by atoms with van der Waals surface area (Å²) in [7, 11) is 0. The van der Waals surface area contributed by atoms with E-state index in [0.29, 0.717) is 11.5 Å². The fourth-order valence-corrected chi connectivity index (χ4v) is 1.81. The predicted octanol–water partition coefficient (Wildman–Crippen LogP) is 2.84. The summed E-state index contributed by atoms with van der Waals surface area (Å²) in [5.41, 5.74) is 3.38. The molecular weight excluding hydrogens is 242 g/mol. The number of aryl methyl sites for hydroxylation is 3. The first-order chi connectivity index (χ1) is 8.97. The first kappa shape index (κ1) is 13.0. The van der Waals surface area contributed by atoms with Crippen molar-refractivity contribution in [1.29, 1.82) is 0 Å². The number of aromatic carboxylic acids is 1. The van der Waals surface area contributed by atoms with E-state index < -0.39 is 5.97 Å². The van der Waals surface area contributed by atoms with Gasteiger partial charge in [-0.1, -0.05) is 0 Å². The molecule has 0 radical (unpaired) electrons. The van der Waals surface area contributed by atoms with E-state index in [-0.39, 0.29) is 5.56 Å². The molecule has 0 saturated heterocycles. The molecular formula is C14H15N3O2. The number of nitrogens with zero attached hydrogens (tertiary/aromatic N) is 2. The molecule has 98 valence electrons. The number of hydrogen-bond acceptors (Lipinski definition) is 4. The molecule has 0 spiro atoms. The summed E-state index contributed by atoms with van der Waals surface area (Å²) in [6, 6.07) is 7.04. The van der Waals surface area contributed by atoms with Crippen LogP contribution in [-0.2, 0) is 0 Å². The Kier molecular flexibility index (Phi) is 3.46. The lowest BCUT2D eigenvalue weighted by Crippen LogP contribution is -2.04. The molecule has 2 aromatic rings. The molecule has 0 saturated carbocycles. The van der Waals surface area contributed by atoms with Gasteiger partial charge in [0, 0.05) is 5.69 Å². The summed E-state index contributed by atoms with van der Waals surface area (Å²) in [5.74, 6) is -0.360. The van der Waals surface area contributed by atoms with Gasteiger partial charge in [-0.15, -0.1) is 0 Å². The van der Waals surface area contributed by atoms with Gasteiger partial charge in [-0.05, 0) is 45.0 Å². The number of carboxylic acids is 1. The van der Waals surface area contributed by atoms with Crippen molar-refractivity contribution < 1.29 is 9.90 Å². The van der Waals surface area contributed by atoms with Gasteiger partial charge in [0.05, 0.1) is 22.6 Å². The molecule has 2 heterocycles. The third kappa shape index (κ3) is 2.88. The van der Waals surface area contributed by atoms with Gasteiger partial charge in [0.1, 0.15) is 5.82 Å². The van der Waals surface area contributed by atoms with E-state index in [2.05, 4.69) is 15.3 Å². The smallest absolute Gasteiger partial charge is 0.337 e. The Morgan fingerprint density at radius 1 is 1.05 bits per heavy atom. The highest BCUT2D eigenvalue weighted by atomic mass is 16.4. The Morgan fingerprint density at radius 2 is 1.79 bits per heavy atom. The quantitative estimate of drug-likeness (QED) is 0.884. The molecule has 0 fully saturated rings. The van der Waals surface area contributed by atoms with Crippen molar-refractivity contribution in [2.45, 2.75) is 20.8 Å². The van der Waals surface area contributed by atoms with Gasteiger partial charge >= 0.3 is 5.97 Å². The molecule has 0 bridgehead atoms. The van der Waals surface area contributed by atoms with E-state index in [1.54, 1.807) is 19.1 Å². The fourth-order valence-electron chi connectivity index (χ4n) is 1.81. The van der Waals surface area contributed by atoms with Crippen LogP contribution < -0.4 is 5.32 Å². The lowest BCUT2D eigenvalue weighted by molar-refractivity contribution is 0.0695. The summed E-state index contributed by atoms with van der Waals surface area (Å²) in [4.78, 5) is 19.5. The number of anilines is 2. The average Bonchev–Trinajstić information content (AvgIpc) is 2.32. The summed E-state index contributed by atoms with van der Waals surface area (Å²) in [5, 5.41) is 12.1. The van der Waals surface area contributed by atoms with Crippen molar-refractivity contribution in [3.8, 4) is 0 Å². The number of nitrogens with one attached hydrogen (secondary N) is 1. The van der Waals surface area contributed by atoms with Crippen molar-refractivity contribution in [3.63, 3.8) is 0 Å². The Morgan fingerprint density at radius 3 is 2.37 bits per heavy atom. The van der Waals surface area contributed by atoms with Crippen molar-refractivity contribution in [2.24, 2.45) is 0 Å². The zero-order valence-electron chi connectivity index (χ0n) is 11.1. The van der Waals surface area contributed by atoms with Crippen LogP contribution in [0, 0.1) is 20.8 Å². The number of aromatic nitrogens is 2. The van der Waals surface area contributed by atoms with Crippen molar-refractivity contribution >= 4 is 17.5 Å². The number of carbonyl (C=O) groups is 1. The fraction of sp³-hybridized carbons (Fsp3) is 0.214. The highest BCUT2D eigenvalue weighted by Gasteiger charge is 2.09. The summed E-state index contributed by atoms with van der Waals surface area (Å²) in [6.07, 6.45) is 0. The van der Waals surface area contributed by atoms with Gasteiger partial charge in [-0.3, -0.25) is 4.98 Å². The van der Waals surface area contributed by atoms with Crippen LogP contribution in [0.4, 0.5) is 11.5 Å². The van der Waals surface area contributed by atoms with Crippen LogP contribution in [0.3, 0.4) is 0 Å². The van der Waals surface area contributed by atoms with Crippen LogP contribution in [0.1, 0.15) is 27.4 Å². The van der Waals surface area contributed by atoms with Crippen LogP contribution in [0.25, 0.3) is 0 Å². The topological polar surface area (TPSA) is 75.1 Å². The zero-order valence-corrected chi connectivity index (χ0v) is 11.1. The maximum absolute atomic E-state index is 10.9. The standard InChI is InChI=1S/C14H15N3O2/c1-8-4-6-12(10(3)15-8)17-13-7-5-11(14(18)19)9(2)16-13/h4-7H,1-3H3,(H,16,17)(H,18,19). The third-order valence-electron chi connectivity index (χ3n) is 2.80. The zero-order chi connectivity index (χ0) is 14.0. The van der Waals surface area contributed by atoms with Crippen LogP contribution in [0.5, 0.6) is 0 Å². The Balaban J connectivity index is 2.29. The SMILES string of the molecule is Cc1ccc(Nc2ccc(C(=O)O)c(C)n2)c(C)n1. The minimum absolute atomic E-state index is 0.212. The number of hydrogen-bond donors (Lipinski definition) is 2. The second kappa shape index (κ2) is 5.06. The lowest BCUT2D eigenvalue weighted by atomic mass is 10.2. The highest BCUT2D eigenvalue weighted by Crippen LogP contribution is 2.19. The monoisotopic (exact) mass is 257 g/mol. The molecule has 0 amide bonds. The maximum atomic E-state index is 10.9. The van der Waals surface area contributed by atoms with E-state index in [0.717, 1.165) is 17.1 Å². The second-order valence-corrected chi connectivity index (χ2v) is 4.35. The Labute approximate surface area is 111 Å². The average molecular weight is 257 g/mol. The summed E-state index contributed by atoms with van der Waals surface area (Å²) in [6.45, 7) is 5.52. The molecule has 5 heteroatoms. The van der Waals surface area contributed by atoms with Crippen LogP contribution in [0.2, 0.25) is 0 Å².